The molecule has 0 aromatic heterocycles. The van der Waals surface area contributed by atoms with E-state index in [9.17, 15) is 8.78 Å². The predicted molar refractivity (Wildman–Crippen MR) is 101 cm³/mol. The molecule has 2 aliphatic rings. The van der Waals surface area contributed by atoms with Crippen LogP contribution in [-0.4, -0.2) is 0 Å². The van der Waals surface area contributed by atoms with Crippen molar-refractivity contribution >= 4 is 0 Å². The summed E-state index contributed by atoms with van der Waals surface area (Å²) in [5.41, 5.74) is 0.871. The van der Waals surface area contributed by atoms with Crippen LogP contribution in [0.1, 0.15) is 95.5 Å². The van der Waals surface area contributed by atoms with Crippen LogP contribution in [0.2, 0.25) is 0 Å². The van der Waals surface area contributed by atoms with E-state index in [1.807, 2.05) is 0 Å². The van der Waals surface area contributed by atoms with Crippen LogP contribution in [0.25, 0.3) is 0 Å². The fraction of sp³-hybridized carbons (Fsp3) is 0.739. The minimum Gasteiger partial charge on any atom is -0.207 e. The van der Waals surface area contributed by atoms with Crippen molar-refractivity contribution in [2.24, 2.45) is 17.8 Å². The van der Waals surface area contributed by atoms with Gasteiger partial charge in [-0.1, -0.05) is 45.4 Å². The molecule has 0 radical (unpaired) electrons. The first-order valence-electron chi connectivity index (χ1n) is 10.6. The maximum atomic E-state index is 13.5. The van der Waals surface area contributed by atoms with E-state index in [0.29, 0.717) is 5.92 Å². The first kappa shape index (κ1) is 18.9. The predicted octanol–water partition coefficient (Wildman–Crippen LogP) is 7.63. The van der Waals surface area contributed by atoms with Crippen molar-refractivity contribution in [2.75, 3.05) is 0 Å². The van der Waals surface area contributed by atoms with Gasteiger partial charge in [-0.2, -0.15) is 0 Å². The van der Waals surface area contributed by atoms with Crippen molar-refractivity contribution in [1.82, 2.24) is 0 Å². The molecule has 0 amide bonds. The second-order valence-electron chi connectivity index (χ2n) is 8.59. The van der Waals surface area contributed by atoms with Gasteiger partial charge in [0, 0.05) is 6.07 Å². The van der Waals surface area contributed by atoms with Crippen LogP contribution in [-0.2, 0) is 0 Å². The molecular formula is C23H34F2. The highest BCUT2D eigenvalue weighted by Crippen LogP contribution is 2.44. The zero-order chi connectivity index (χ0) is 17.6. The van der Waals surface area contributed by atoms with Gasteiger partial charge in [-0.05, 0) is 79.9 Å². The lowest BCUT2D eigenvalue weighted by molar-refractivity contribution is 0.155. The van der Waals surface area contributed by atoms with Crippen LogP contribution in [0.3, 0.4) is 0 Å². The molecule has 0 nitrogen and oxygen atoms in total. The lowest BCUT2D eigenvalue weighted by Crippen LogP contribution is -2.25. The first-order valence-corrected chi connectivity index (χ1v) is 10.6. The van der Waals surface area contributed by atoms with Crippen molar-refractivity contribution in [3.05, 3.63) is 35.4 Å². The van der Waals surface area contributed by atoms with Crippen LogP contribution in [0.15, 0.2) is 18.2 Å². The molecule has 2 saturated carbocycles. The average Bonchev–Trinajstić information content (AvgIpc) is 2.62. The second kappa shape index (κ2) is 9.14. The lowest BCUT2D eigenvalue weighted by Gasteiger charge is -2.38. The summed E-state index contributed by atoms with van der Waals surface area (Å²) < 4.78 is 26.9. The fourth-order valence-corrected chi connectivity index (χ4v) is 5.37. The number of hydrogen-bond acceptors (Lipinski definition) is 0. The monoisotopic (exact) mass is 348 g/mol. The topological polar surface area (TPSA) is 0 Å². The average molecular weight is 349 g/mol. The van der Waals surface area contributed by atoms with E-state index >= 15 is 0 Å². The molecule has 0 bridgehead atoms. The quantitative estimate of drug-likeness (QED) is 0.464. The van der Waals surface area contributed by atoms with Gasteiger partial charge in [0.1, 0.15) is 11.6 Å². The molecule has 3 rings (SSSR count). The van der Waals surface area contributed by atoms with E-state index in [-0.39, 0.29) is 0 Å². The first-order chi connectivity index (χ1) is 12.2. The summed E-state index contributed by atoms with van der Waals surface area (Å²) in [5.74, 6) is 2.23. The van der Waals surface area contributed by atoms with Crippen LogP contribution < -0.4 is 0 Å². The molecule has 2 aliphatic carbocycles. The Morgan fingerprint density at radius 1 is 0.760 bits per heavy atom. The highest BCUT2D eigenvalue weighted by molar-refractivity contribution is 5.22. The van der Waals surface area contributed by atoms with Gasteiger partial charge in [0.15, 0.2) is 0 Å². The van der Waals surface area contributed by atoms with Gasteiger partial charge in [-0.25, -0.2) is 8.78 Å². The second-order valence-corrected chi connectivity index (χ2v) is 8.59. The number of halogens is 2. The van der Waals surface area contributed by atoms with Gasteiger partial charge in [0.05, 0.1) is 0 Å². The Hall–Kier alpha value is -0.920. The third-order valence-electron chi connectivity index (χ3n) is 6.90. The summed E-state index contributed by atoms with van der Waals surface area (Å²) in [5, 5.41) is 0. The number of hydrogen-bond donors (Lipinski definition) is 0. The summed E-state index contributed by atoms with van der Waals surface area (Å²) in [7, 11) is 0. The van der Waals surface area contributed by atoms with Crippen molar-refractivity contribution in [2.45, 2.75) is 89.9 Å². The lowest BCUT2D eigenvalue weighted by atomic mass is 9.68. The van der Waals surface area contributed by atoms with E-state index < -0.39 is 11.6 Å². The molecule has 0 aliphatic heterocycles. The van der Waals surface area contributed by atoms with E-state index in [4.69, 9.17) is 0 Å². The van der Waals surface area contributed by atoms with Crippen molar-refractivity contribution in [3.8, 4) is 0 Å². The third-order valence-corrected chi connectivity index (χ3v) is 6.90. The normalized spacial score (nSPS) is 30.4. The molecule has 0 unspecified atom stereocenters. The maximum absolute atomic E-state index is 13.5. The molecule has 0 spiro atoms. The number of benzene rings is 1. The molecule has 0 saturated heterocycles. The Kier molecular flexibility index (Phi) is 6.90. The molecular weight excluding hydrogens is 314 g/mol. The number of rotatable bonds is 6. The van der Waals surface area contributed by atoms with Gasteiger partial charge >= 0.3 is 0 Å². The summed E-state index contributed by atoms with van der Waals surface area (Å²) in [6, 6.07) is 4.05. The van der Waals surface area contributed by atoms with E-state index in [0.717, 1.165) is 42.2 Å². The van der Waals surface area contributed by atoms with Gasteiger partial charge in [0.25, 0.3) is 0 Å². The smallest absolute Gasteiger partial charge is 0.126 e. The summed E-state index contributed by atoms with van der Waals surface area (Å²) in [6.07, 6.45) is 16.0. The van der Waals surface area contributed by atoms with E-state index in [1.54, 1.807) is 0 Å². The zero-order valence-corrected chi connectivity index (χ0v) is 15.8. The molecule has 140 valence electrons. The Bertz CT molecular complexity index is 503. The highest BCUT2D eigenvalue weighted by Gasteiger charge is 2.31. The van der Waals surface area contributed by atoms with Crippen molar-refractivity contribution in [3.63, 3.8) is 0 Å². The highest BCUT2D eigenvalue weighted by atomic mass is 19.1. The summed E-state index contributed by atoms with van der Waals surface area (Å²) in [4.78, 5) is 0. The van der Waals surface area contributed by atoms with Crippen molar-refractivity contribution in [1.29, 1.82) is 0 Å². The molecule has 0 N–H and O–H groups in total. The Morgan fingerprint density at radius 2 is 1.32 bits per heavy atom. The molecule has 1 aromatic carbocycles. The van der Waals surface area contributed by atoms with E-state index in [2.05, 4.69) is 6.92 Å². The minimum atomic E-state index is -0.432. The fourth-order valence-electron chi connectivity index (χ4n) is 5.37. The maximum Gasteiger partial charge on any atom is 0.126 e. The third kappa shape index (κ3) is 5.28. The molecule has 1 aromatic rings. The van der Waals surface area contributed by atoms with E-state index in [1.165, 1.54) is 76.3 Å². The molecule has 2 fully saturated rings. The van der Waals surface area contributed by atoms with Crippen LogP contribution in [0.4, 0.5) is 8.78 Å². The van der Waals surface area contributed by atoms with Gasteiger partial charge in [-0.3, -0.25) is 0 Å². The molecule has 2 heteroatoms. The number of unbranched alkanes of at least 4 members (excludes halogenated alkanes) is 2. The standard InChI is InChI=1S/C23H34F2/c1-2-3-4-5-17-6-8-18(9-7-17)19-10-12-20(13-11-19)21-14-22(24)16-23(25)15-21/h14-20H,2-13H2,1H3. The Labute approximate surface area is 152 Å². The van der Waals surface area contributed by atoms with Crippen LogP contribution in [0.5, 0.6) is 0 Å². The Balaban J connectivity index is 1.44. The SMILES string of the molecule is CCCCCC1CCC(C2CCC(c3cc(F)cc(F)c3)CC2)CC1. The molecule has 0 heterocycles. The molecule has 0 atom stereocenters. The van der Waals surface area contributed by atoms with Gasteiger partial charge in [0.2, 0.25) is 0 Å². The minimum absolute atomic E-state index is 0.354. The van der Waals surface area contributed by atoms with Gasteiger partial charge < -0.3 is 0 Å². The van der Waals surface area contributed by atoms with Crippen molar-refractivity contribution < 1.29 is 8.78 Å². The molecule has 25 heavy (non-hydrogen) atoms. The van der Waals surface area contributed by atoms with Gasteiger partial charge in [-0.15, -0.1) is 0 Å². The van der Waals surface area contributed by atoms with Crippen LogP contribution >= 0.6 is 0 Å². The summed E-state index contributed by atoms with van der Waals surface area (Å²) in [6.45, 7) is 2.28. The summed E-state index contributed by atoms with van der Waals surface area (Å²) >= 11 is 0. The largest absolute Gasteiger partial charge is 0.207 e. The zero-order valence-electron chi connectivity index (χ0n) is 15.8. The van der Waals surface area contributed by atoms with Crippen LogP contribution in [0, 0.1) is 29.4 Å². The Morgan fingerprint density at radius 3 is 1.88 bits per heavy atom.